The first-order chi connectivity index (χ1) is 6.68. The number of aryl methyl sites for hydroxylation is 1. The molecule has 0 saturated heterocycles. The molecule has 1 atom stereocenters. The Morgan fingerprint density at radius 2 is 2.00 bits per heavy atom. The van der Waals surface area contributed by atoms with E-state index in [0.717, 1.165) is 23.4 Å². The van der Waals surface area contributed by atoms with Crippen LogP contribution in [0.3, 0.4) is 0 Å². The molecule has 0 saturated carbocycles. The third-order valence-electron chi connectivity index (χ3n) is 2.92. The van der Waals surface area contributed by atoms with E-state index in [2.05, 4.69) is 6.07 Å². The van der Waals surface area contributed by atoms with E-state index in [1.165, 1.54) is 24.0 Å². The van der Waals surface area contributed by atoms with Gasteiger partial charge in [0.15, 0.2) is 0 Å². The van der Waals surface area contributed by atoms with Crippen molar-refractivity contribution >= 4 is 11.6 Å². The van der Waals surface area contributed by atoms with Crippen molar-refractivity contribution in [3.8, 4) is 0 Å². The van der Waals surface area contributed by atoms with Gasteiger partial charge in [-0.25, -0.2) is 0 Å². The first-order valence-corrected chi connectivity index (χ1v) is 5.55. The van der Waals surface area contributed by atoms with E-state index in [-0.39, 0.29) is 0 Å². The van der Waals surface area contributed by atoms with Crippen molar-refractivity contribution in [3.63, 3.8) is 0 Å². The summed E-state index contributed by atoms with van der Waals surface area (Å²) in [6.07, 6.45) is 4.26. The number of halogens is 1. The van der Waals surface area contributed by atoms with Gasteiger partial charge in [0.1, 0.15) is 0 Å². The SMILES string of the molecule is CC(O)c1cc(Cl)c2c(c1)CCCC2. The van der Waals surface area contributed by atoms with Crippen molar-refractivity contribution in [2.75, 3.05) is 0 Å². The molecule has 0 spiro atoms. The highest BCUT2D eigenvalue weighted by Crippen LogP contribution is 2.31. The summed E-state index contributed by atoms with van der Waals surface area (Å²) in [6.45, 7) is 1.78. The van der Waals surface area contributed by atoms with Gasteiger partial charge in [0, 0.05) is 5.02 Å². The second kappa shape index (κ2) is 3.92. The highest BCUT2D eigenvalue weighted by Gasteiger charge is 2.14. The van der Waals surface area contributed by atoms with E-state index in [1.807, 2.05) is 6.07 Å². The standard InChI is InChI=1S/C12H15ClO/c1-8(14)10-6-9-4-2-3-5-11(9)12(13)7-10/h6-8,14H,2-5H2,1H3. The maximum Gasteiger partial charge on any atom is 0.0762 e. The molecule has 76 valence electrons. The summed E-state index contributed by atoms with van der Waals surface area (Å²) in [4.78, 5) is 0. The van der Waals surface area contributed by atoms with Crippen LogP contribution in [0.4, 0.5) is 0 Å². The first kappa shape index (κ1) is 10.0. The van der Waals surface area contributed by atoms with E-state index in [4.69, 9.17) is 11.6 Å². The van der Waals surface area contributed by atoms with E-state index < -0.39 is 6.10 Å². The van der Waals surface area contributed by atoms with Gasteiger partial charge < -0.3 is 5.11 Å². The average molecular weight is 211 g/mol. The summed E-state index contributed by atoms with van der Waals surface area (Å²) in [5.74, 6) is 0. The molecule has 0 radical (unpaired) electrons. The maximum atomic E-state index is 9.49. The van der Waals surface area contributed by atoms with Crippen molar-refractivity contribution in [1.29, 1.82) is 0 Å². The van der Waals surface area contributed by atoms with Crippen LogP contribution in [0.5, 0.6) is 0 Å². The molecule has 2 rings (SSSR count). The summed E-state index contributed by atoms with van der Waals surface area (Å²) in [7, 11) is 0. The lowest BCUT2D eigenvalue weighted by Crippen LogP contribution is -2.05. The highest BCUT2D eigenvalue weighted by molar-refractivity contribution is 6.31. The minimum Gasteiger partial charge on any atom is -0.389 e. The van der Waals surface area contributed by atoms with Crippen LogP contribution in [0.15, 0.2) is 12.1 Å². The van der Waals surface area contributed by atoms with Crippen LogP contribution < -0.4 is 0 Å². The average Bonchev–Trinajstić information content (AvgIpc) is 2.17. The molecule has 1 nitrogen and oxygen atoms in total. The van der Waals surface area contributed by atoms with Crippen LogP contribution in [0, 0.1) is 0 Å². The van der Waals surface area contributed by atoms with Gasteiger partial charge in [0.2, 0.25) is 0 Å². The quantitative estimate of drug-likeness (QED) is 0.755. The summed E-state index contributed by atoms with van der Waals surface area (Å²) >= 11 is 6.18. The summed E-state index contributed by atoms with van der Waals surface area (Å²) in [5.41, 5.74) is 3.57. The van der Waals surface area contributed by atoms with Gasteiger partial charge in [0.05, 0.1) is 6.10 Å². The molecule has 1 aromatic rings. The van der Waals surface area contributed by atoms with Crippen LogP contribution in [-0.4, -0.2) is 5.11 Å². The zero-order valence-electron chi connectivity index (χ0n) is 8.39. The molecule has 1 N–H and O–H groups in total. The van der Waals surface area contributed by atoms with Gasteiger partial charge in [-0.3, -0.25) is 0 Å². The van der Waals surface area contributed by atoms with Gasteiger partial charge in [0.25, 0.3) is 0 Å². The summed E-state index contributed by atoms with van der Waals surface area (Å²) < 4.78 is 0. The van der Waals surface area contributed by atoms with Crippen LogP contribution >= 0.6 is 11.6 Å². The largest absolute Gasteiger partial charge is 0.389 e. The highest BCUT2D eigenvalue weighted by atomic mass is 35.5. The number of aliphatic hydroxyl groups excluding tert-OH is 1. The Hall–Kier alpha value is -0.530. The van der Waals surface area contributed by atoms with Crippen LogP contribution in [0.25, 0.3) is 0 Å². The Morgan fingerprint density at radius 1 is 1.29 bits per heavy atom. The van der Waals surface area contributed by atoms with Gasteiger partial charge in [-0.05, 0) is 55.4 Å². The Morgan fingerprint density at radius 3 is 2.71 bits per heavy atom. The molecule has 0 amide bonds. The normalized spacial score (nSPS) is 17.6. The predicted octanol–water partition coefficient (Wildman–Crippen LogP) is 3.27. The molecule has 1 unspecified atom stereocenters. The summed E-state index contributed by atoms with van der Waals surface area (Å²) in [6, 6.07) is 4.00. The number of hydrogen-bond donors (Lipinski definition) is 1. The molecule has 0 aliphatic heterocycles. The van der Waals surface area contributed by atoms with Gasteiger partial charge in [-0.1, -0.05) is 17.7 Å². The van der Waals surface area contributed by atoms with Crippen molar-refractivity contribution in [2.45, 2.75) is 38.7 Å². The number of benzene rings is 1. The molecule has 14 heavy (non-hydrogen) atoms. The fourth-order valence-corrected chi connectivity index (χ4v) is 2.42. The van der Waals surface area contributed by atoms with Gasteiger partial charge in [-0.2, -0.15) is 0 Å². The fourth-order valence-electron chi connectivity index (χ4n) is 2.08. The first-order valence-electron chi connectivity index (χ1n) is 5.18. The van der Waals surface area contributed by atoms with Crippen molar-refractivity contribution in [2.24, 2.45) is 0 Å². The molecular formula is C12H15ClO. The van der Waals surface area contributed by atoms with E-state index in [9.17, 15) is 5.11 Å². The number of fused-ring (bicyclic) bond motifs is 1. The molecule has 1 aromatic carbocycles. The van der Waals surface area contributed by atoms with Crippen LogP contribution in [-0.2, 0) is 12.8 Å². The Labute approximate surface area is 89.7 Å². The predicted molar refractivity (Wildman–Crippen MR) is 58.7 cm³/mol. The third kappa shape index (κ3) is 1.79. The van der Waals surface area contributed by atoms with Crippen molar-refractivity contribution < 1.29 is 5.11 Å². The van der Waals surface area contributed by atoms with Gasteiger partial charge in [-0.15, -0.1) is 0 Å². The summed E-state index contributed by atoms with van der Waals surface area (Å²) in [5, 5.41) is 10.3. The van der Waals surface area contributed by atoms with Crippen molar-refractivity contribution in [1.82, 2.24) is 0 Å². The second-order valence-corrected chi connectivity index (χ2v) is 4.43. The molecular weight excluding hydrogens is 196 g/mol. The van der Waals surface area contributed by atoms with Crippen LogP contribution in [0.2, 0.25) is 5.02 Å². The molecule has 0 bridgehead atoms. The topological polar surface area (TPSA) is 20.2 Å². The molecule has 1 aliphatic carbocycles. The number of rotatable bonds is 1. The lowest BCUT2D eigenvalue weighted by atomic mass is 9.89. The third-order valence-corrected chi connectivity index (χ3v) is 3.25. The zero-order valence-corrected chi connectivity index (χ0v) is 9.14. The molecule has 0 aromatic heterocycles. The Balaban J connectivity index is 2.46. The lowest BCUT2D eigenvalue weighted by Gasteiger charge is -2.19. The van der Waals surface area contributed by atoms with E-state index >= 15 is 0 Å². The number of hydrogen-bond acceptors (Lipinski definition) is 1. The minimum absolute atomic E-state index is 0.417. The van der Waals surface area contributed by atoms with E-state index in [1.54, 1.807) is 6.92 Å². The monoisotopic (exact) mass is 210 g/mol. The lowest BCUT2D eigenvalue weighted by molar-refractivity contribution is 0.199. The fraction of sp³-hybridized carbons (Fsp3) is 0.500. The maximum absolute atomic E-state index is 9.49. The zero-order chi connectivity index (χ0) is 10.1. The second-order valence-electron chi connectivity index (χ2n) is 4.02. The minimum atomic E-state index is -0.417. The molecule has 0 fully saturated rings. The number of aliphatic hydroxyl groups is 1. The Bertz CT molecular complexity index is 344. The van der Waals surface area contributed by atoms with E-state index in [0.29, 0.717) is 0 Å². The Kier molecular flexibility index (Phi) is 2.80. The smallest absolute Gasteiger partial charge is 0.0762 e. The molecule has 2 heteroatoms. The molecule has 0 heterocycles. The molecule has 1 aliphatic rings. The van der Waals surface area contributed by atoms with Gasteiger partial charge >= 0.3 is 0 Å². The van der Waals surface area contributed by atoms with Crippen LogP contribution in [0.1, 0.15) is 42.6 Å². The van der Waals surface area contributed by atoms with Crippen molar-refractivity contribution in [3.05, 3.63) is 33.8 Å².